The van der Waals surface area contributed by atoms with Gasteiger partial charge in [-0.3, -0.25) is 0 Å². The zero-order valence-electron chi connectivity index (χ0n) is 16.6. The van der Waals surface area contributed by atoms with Crippen molar-refractivity contribution in [1.29, 1.82) is 0 Å². The maximum absolute atomic E-state index is 13.4. The summed E-state index contributed by atoms with van der Waals surface area (Å²) >= 11 is 6.10. The number of hydrogen-bond donors (Lipinski definition) is 0. The number of benzene rings is 2. The second-order valence-electron chi connectivity index (χ2n) is 7.56. The quantitative estimate of drug-likeness (QED) is 0.592. The molecule has 4 rings (SSSR count). The van der Waals surface area contributed by atoms with E-state index in [1.807, 2.05) is 19.1 Å². The van der Waals surface area contributed by atoms with Crippen LogP contribution in [0.2, 0.25) is 5.02 Å². The topological polar surface area (TPSA) is 51.5 Å². The SMILES string of the molecule is CCc1ccc(S(=O)(=O)n2ccc3ccc(Cl)cc32)cc1OC1CCN(C)CC1. The highest BCUT2D eigenvalue weighted by atomic mass is 35.5. The number of fused-ring (bicyclic) bond motifs is 1. The van der Waals surface area contributed by atoms with Gasteiger partial charge in [0.1, 0.15) is 11.9 Å². The monoisotopic (exact) mass is 432 g/mol. The van der Waals surface area contributed by atoms with Crippen LogP contribution in [0.1, 0.15) is 25.3 Å². The van der Waals surface area contributed by atoms with Gasteiger partial charge in [0.25, 0.3) is 10.0 Å². The molecule has 0 bridgehead atoms. The number of rotatable bonds is 5. The summed E-state index contributed by atoms with van der Waals surface area (Å²) < 4.78 is 34.3. The molecule has 0 saturated carbocycles. The fourth-order valence-corrected chi connectivity index (χ4v) is 5.31. The minimum atomic E-state index is -3.77. The van der Waals surface area contributed by atoms with E-state index in [4.69, 9.17) is 16.3 Å². The number of nitrogens with zero attached hydrogens (tertiary/aromatic N) is 2. The molecule has 0 atom stereocenters. The maximum atomic E-state index is 13.4. The van der Waals surface area contributed by atoms with Gasteiger partial charge in [0.2, 0.25) is 0 Å². The molecule has 0 amide bonds. The summed E-state index contributed by atoms with van der Waals surface area (Å²) in [6, 6.07) is 12.2. The van der Waals surface area contributed by atoms with Crippen LogP contribution in [0.5, 0.6) is 5.75 Å². The van der Waals surface area contributed by atoms with Crippen LogP contribution in [0.25, 0.3) is 10.9 Å². The molecule has 5 nitrogen and oxygen atoms in total. The Morgan fingerprint density at radius 1 is 1.10 bits per heavy atom. The minimum absolute atomic E-state index is 0.112. The van der Waals surface area contributed by atoms with E-state index in [-0.39, 0.29) is 11.0 Å². The van der Waals surface area contributed by atoms with E-state index in [0.717, 1.165) is 43.3 Å². The fourth-order valence-electron chi connectivity index (χ4n) is 3.78. The van der Waals surface area contributed by atoms with E-state index in [0.29, 0.717) is 16.3 Å². The van der Waals surface area contributed by atoms with Crippen LogP contribution in [0.3, 0.4) is 0 Å². The Bertz CT molecular complexity index is 1130. The van der Waals surface area contributed by atoms with E-state index < -0.39 is 10.0 Å². The lowest BCUT2D eigenvalue weighted by atomic mass is 10.1. The number of likely N-dealkylation sites (tertiary alicyclic amines) is 1. The molecule has 2 aromatic carbocycles. The normalized spacial score (nSPS) is 16.4. The van der Waals surface area contributed by atoms with Crippen molar-refractivity contribution in [2.75, 3.05) is 20.1 Å². The van der Waals surface area contributed by atoms with E-state index in [1.165, 1.54) is 3.97 Å². The lowest BCUT2D eigenvalue weighted by molar-refractivity contribution is 0.113. The van der Waals surface area contributed by atoms with Gasteiger partial charge in [-0.1, -0.05) is 30.7 Å². The molecule has 1 aromatic heterocycles. The average molecular weight is 433 g/mol. The van der Waals surface area contributed by atoms with Crippen molar-refractivity contribution in [2.45, 2.75) is 37.2 Å². The first-order valence-corrected chi connectivity index (χ1v) is 11.7. The Morgan fingerprint density at radius 2 is 1.86 bits per heavy atom. The molecule has 7 heteroatoms. The molecule has 1 fully saturated rings. The first kappa shape index (κ1) is 20.3. The van der Waals surface area contributed by atoms with Crippen molar-refractivity contribution in [3.8, 4) is 5.75 Å². The van der Waals surface area contributed by atoms with Crippen LogP contribution < -0.4 is 4.74 Å². The van der Waals surface area contributed by atoms with E-state index in [1.54, 1.807) is 36.5 Å². The summed E-state index contributed by atoms with van der Waals surface area (Å²) in [5.41, 5.74) is 1.58. The molecule has 0 radical (unpaired) electrons. The molecule has 154 valence electrons. The molecule has 0 spiro atoms. The Labute approximate surface area is 176 Å². The molecule has 29 heavy (non-hydrogen) atoms. The van der Waals surface area contributed by atoms with Gasteiger partial charge in [-0.15, -0.1) is 0 Å². The Balaban J connectivity index is 1.71. The van der Waals surface area contributed by atoms with E-state index >= 15 is 0 Å². The van der Waals surface area contributed by atoms with Crippen molar-refractivity contribution in [2.24, 2.45) is 0 Å². The smallest absolute Gasteiger partial charge is 0.268 e. The Hall–Kier alpha value is -2.02. The summed E-state index contributed by atoms with van der Waals surface area (Å²) in [6.45, 7) is 4.02. The second kappa shape index (κ2) is 8.01. The summed E-state index contributed by atoms with van der Waals surface area (Å²) in [6.07, 6.45) is 4.35. The number of piperidine rings is 1. The summed E-state index contributed by atoms with van der Waals surface area (Å²) in [5.74, 6) is 0.664. The van der Waals surface area contributed by atoms with E-state index in [9.17, 15) is 8.42 Å². The van der Waals surface area contributed by atoms with Gasteiger partial charge in [0, 0.05) is 35.8 Å². The summed E-state index contributed by atoms with van der Waals surface area (Å²) in [7, 11) is -1.66. The van der Waals surface area contributed by atoms with Gasteiger partial charge in [-0.2, -0.15) is 0 Å². The summed E-state index contributed by atoms with van der Waals surface area (Å²) in [5, 5.41) is 1.33. The average Bonchev–Trinajstić information content (AvgIpc) is 3.13. The van der Waals surface area contributed by atoms with Gasteiger partial charge in [0.05, 0.1) is 10.4 Å². The van der Waals surface area contributed by atoms with Crippen LogP contribution in [-0.2, 0) is 16.4 Å². The first-order chi connectivity index (χ1) is 13.9. The lowest BCUT2D eigenvalue weighted by Gasteiger charge is -2.30. The Kier molecular flexibility index (Phi) is 5.60. The Morgan fingerprint density at radius 3 is 2.59 bits per heavy atom. The molecule has 0 aliphatic carbocycles. The van der Waals surface area contributed by atoms with Crippen LogP contribution in [0, 0.1) is 0 Å². The zero-order chi connectivity index (χ0) is 20.6. The van der Waals surface area contributed by atoms with E-state index in [2.05, 4.69) is 11.9 Å². The van der Waals surface area contributed by atoms with Gasteiger partial charge in [0.15, 0.2) is 0 Å². The predicted molar refractivity (Wildman–Crippen MR) is 116 cm³/mol. The van der Waals surface area contributed by atoms with Crippen LogP contribution in [0.15, 0.2) is 53.6 Å². The molecular weight excluding hydrogens is 408 g/mol. The van der Waals surface area contributed by atoms with Crippen LogP contribution >= 0.6 is 11.6 Å². The molecule has 0 N–H and O–H groups in total. The van der Waals surface area contributed by atoms with Crippen molar-refractivity contribution in [1.82, 2.24) is 8.87 Å². The maximum Gasteiger partial charge on any atom is 0.268 e. The highest BCUT2D eigenvalue weighted by Crippen LogP contribution is 2.30. The number of halogens is 1. The molecule has 3 aromatic rings. The lowest BCUT2D eigenvalue weighted by Crippen LogP contribution is -2.35. The highest BCUT2D eigenvalue weighted by Gasteiger charge is 2.23. The van der Waals surface area contributed by atoms with Crippen LogP contribution in [-0.4, -0.2) is 43.5 Å². The summed E-state index contributed by atoms with van der Waals surface area (Å²) in [4.78, 5) is 2.50. The second-order valence-corrected chi connectivity index (χ2v) is 9.81. The minimum Gasteiger partial charge on any atom is -0.490 e. The number of hydrogen-bond acceptors (Lipinski definition) is 4. The molecular formula is C22H25ClN2O3S. The first-order valence-electron chi connectivity index (χ1n) is 9.89. The van der Waals surface area contributed by atoms with Gasteiger partial charge in [-0.05, 0) is 56.1 Å². The third-order valence-corrected chi connectivity index (χ3v) is 7.48. The molecule has 1 aliphatic heterocycles. The number of aromatic nitrogens is 1. The largest absolute Gasteiger partial charge is 0.490 e. The third-order valence-electron chi connectivity index (χ3n) is 5.55. The van der Waals surface area contributed by atoms with Gasteiger partial charge in [-0.25, -0.2) is 12.4 Å². The van der Waals surface area contributed by atoms with Crippen molar-refractivity contribution in [3.05, 3.63) is 59.2 Å². The molecule has 1 saturated heterocycles. The predicted octanol–water partition coefficient (Wildman–Crippen LogP) is 4.57. The number of ether oxygens (including phenoxy) is 1. The van der Waals surface area contributed by atoms with Crippen LogP contribution in [0.4, 0.5) is 0 Å². The van der Waals surface area contributed by atoms with Crippen molar-refractivity contribution < 1.29 is 13.2 Å². The fraction of sp³-hybridized carbons (Fsp3) is 0.364. The molecule has 0 unspecified atom stereocenters. The highest BCUT2D eigenvalue weighted by molar-refractivity contribution is 7.90. The molecule has 1 aliphatic rings. The van der Waals surface area contributed by atoms with Gasteiger partial charge < -0.3 is 9.64 Å². The zero-order valence-corrected chi connectivity index (χ0v) is 18.2. The van der Waals surface area contributed by atoms with Gasteiger partial charge >= 0.3 is 0 Å². The van der Waals surface area contributed by atoms with Crippen molar-refractivity contribution in [3.63, 3.8) is 0 Å². The molecule has 2 heterocycles. The standard InChI is InChI=1S/C22H25ClN2O3S/c1-3-16-5-7-20(15-22(16)28-19-9-11-24(2)12-10-19)29(26,27)25-13-8-17-4-6-18(23)14-21(17)25/h4-8,13-15,19H,3,9-12H2,1-2H3. The third kappa shape index (κ3) is 4.02. The van der Waals surface area contributed by atoms with Crippen molar-refractivity contribution >= 4 is 32.5 Å². The number of aryl methyl sites for hydroxylation is 1.